The monoisotopic (exact) mass is 399 g/mol. The second-order valence-corrected chi connectivity index (χ2v) is 7.55. The molecule has 2 aromatic carbocycles. The molecule has 0 atom stereocenters. The van der Waals surface area contributed by atoms with Gasteiger partial charge in [-0.05, 0) is 18.6 Å². The van der Waals surface area contributed by atoms with E-state index in [0.29, 0.717) is 17.2 Å². The van der Waals surface area contributed by atoms with E-state index in [1.807, 2.05) is 6.92 Å². The molecule has 2 rings (SSSR count). The van der Waals surface area contributed by atoms with Gasteiger partial charge in [-0.15, -0.1) is 4.47 Å². The first-order valence-electron chi connectivity index (χ1n) is 8.10. The lowest BCUT2D eigenvalue weighted by molar-refractivity contribution is 0.144. The SMILES string of the molecule is CCCCON(c1cc(OC)c(Cl)cc1OC)S(=O)(=O)c1ccccc1. The highest BCUT2D eigenvalue weighted by atomic mass is 35.5. The first-order chi connectivity index (χ1) is 12.5. The van der Waals surface area contributed by atoms with Crippen LogP contribution in [0.4, 0.5) is 5.69 Å². The molecule has 0 saturated carbocycles. The largest absolute Gasteiger partial charge is 0.495 e. The van der Waals surface area contributed by atoms with E-state index in [4.69, 9.17) is 25.9 Å². The molecule has 0 heterocycles. The Morgan fingerprint density at radius 3 is 2.27 bits per heavy atom. The van der Waals surface area contributed by atoms with Crippen LogP contribution in [0, 0.1) is 0 Å². The van der Waals surface area contributed by atoms with Crippen molar-refractivity contribution in [3.8, 4) is 11.5 Å². The van der Waals surface area contributed by atoms with Gasteiger partial charge in [0.2, 0.25) is 0 Å². The number of unbranched alkanes of at least 4 members (excludes halogenated alkanes) is 1. The van der Waals surface area contributed by atoms with Gasteiger partial charge < -0.3 is 9.47 Å². The topological polar surface area (TPSA) is 65.1 Å². The van der Waals surface area contributed by atoms with Crippen molar-refractivity contribution in [3.63, 3.8) is 0 Å². The van der Waals surface area contributed by atoms with Crippen LogP contribution >= 0.6 is 11.6 Å². The fourth-order valence-corrected chi connectivity index (χ4v) is 3.77. The second-order valence-electron chi connectivity index (χ2n) is 5.39. The van der Waals surface area contributed by atoms with Crippen molar-refractivity contribution in [1.29, 1.82) is 0 Å². The first kappa shape index (κ1) is 20.4. The number of hydrogen-bond acceptors (Lipinski definition) is 5. The number of rotatable bonds is 9. The van der Waals surface area contributed by atoms with Crippen molar-refractivity contribution < 1.29 is 22.7 Å². The van der Waals surface area contributed by atoms with Gasteiger partial charge in [-0.2, -0.15) is 8.42 Å². The van der Waals surface area contributed by atoms with Crippen molar-refractivity contribution in [2.45, 2.75) is 24.7 Å². The molecule has 0 aliphatic rings. The lowest BCUT2D eigenvalue weighted by Gasteiger charge is -2.25. The lowest BCUT2D eigenvalue weighted by atomic mass is 10.3. The van der Waals surface area contributed by atoms with Crippen LogP contribution in [0.2, 0.25) is 5.02 Å². The summed E-state index contributed by atoms with van der Waals surface area (Å²) in [6.07, 6.45) is 1.56. The second kappa shape index (κ2) is 9.12. The van der Waals surface area contributed by atoms with Crippen LogP contribution in [-0.2, 0) is 14.9 Å². The summed E-state index contributed by atoms with van der Waals surface area (Å²) < 4.78 is 37.7. The van der Waals surface area contributed by atoms with E-state index in [9.17, 15) is 8.42 Å². The molecule has 0 radical (unpaired) electrons. The molecule has 0 amide bonds. The zero-order valence-corrected chi connectivity index (χ0v) is 16.5. The predicted molar refractivity (Wildman–Crippen MR) is 102 cm³/mol. The number of anilines is 1. The molecule has 0 fully saturated rings. The van der Waals surface area contributed by atoms with Gasteiger partial charge in [0.15, 0.2) is 0 Å². The normalized spacial score (nSPS) is 11.2. The smallest absolute Gasteiger partial charge is 0.286 e. The number of hydrogen-bond donors (Lipinski definition) is 0. The van der Waals surface area contributed by atoms with Crippen molar-refractivity contribution >= 4 is 27.3 Å². The van der Waals surface area contributed by atoms with E-state index in [1.54, 1.807) is 18.2 Å². The summed E-state index contributed by atoms with van der Waals surface area (Å²) in [5.41, 5.74) is 0.189. The molecule has 0 spiro atoms. The van der Waals surface area contributed by atoms with E-state index in [0.717, 1.165) is 10.9 Å². The maximum atomic E-state index is 13.2. The van der Waals surface area contributed by atoms with Gasteiger partial charge >= 0.3 is 0 Å². The summed E-state index contributed by atoms with van der Waals surface area (Å²) in [6.45, 7) is 2.22. The number of nitrogens with zero attached hydrogens (tertiary/aromatic N) is 1. The molecular formula is C18H22ClNO5S. The number of methoxy groups -OCH3 is 2. The predicted octanol–water partition coefficient (Wildman–Crippen LogP) is 4.28. The van der Waals surface area contributed by atoms with Crippen molar-refractivity contribution in [1.82, 2.24) is 0 Å². The maximum absolute atomic E-state index is 13.2. The van der Waals surface area contributed by atoms with Crippen LogP contribution in [0.25, 0.3) is 0 Å². The maximum Gasteiger partial charge on any atom is 0.286 e. The van der Waals surface area contributed by atoms with Gasteiger partial charge in [0.1, 0.15) is 17.2 Å². The average Bonchev–Trinajstić information content (AvgIpc) is 2.66. The van der Waals surface area contributed by atoms with Gasteiger partial charge in [-0.25, -0.2) is 0 Å². The quantitative estimate of drug-likeness (QED) is 0.465. The molecule has 0 aliphatic heterocycles. The lowest BCUT2D eigenvalue weighted by Crippen LogP contribution is -2.32. The van der Waals surface area contributed by atoms with Crippen molar-refractivity contribution in [3.05, 3.63) is 47.5 Å². The minimum atomic E-state index is -3.97. The Kier molecular flexibility index (Phi) is 7.14. The van der Waals surface area contributed by atoms with Crippen LogP contribution in [0.15, 0.2) is 47.4 Å². The first-order valence-corrected chi connectivity index (χ1v) is 9.92. The molecule has 8 heteroatoms. The molecule has 0 N–H and O–H groups in total. The Labute approximate surface area is 159 Å². The summed E-state index contributed by atoms with van der Waals surface area (Å²) in [7, 11) is -1.09. The van der Waals surface area contributed by atoms with Gasteiger partial charge in [-0.3, -0.25) is 4.84 Å². The molecule has 0 aromatic heterocycles. The number of benzene rings is 2. The van der Waals surface area contributed by atoms with Crippen LogP contribution in [-0.4, -0.2) is 29.2 Å². The fourth-order valence-electron chi connectivity index (χ4n) is 2.24. The minimum Gasteiger partial charge on any atom is -0.495 e. The number of sulfonamides is 1. The van der Waals surface area contributed by atoms with E-state index in [1.165, 1.54) is 38.5 Å². The third-order valence-corrected chi connectivity index (χ3v) is 5.52. The number of halogens is 1. The zero-order valence-electron chi connectivity index (χ0n) is 14.9. The van der Waals surface area contributed by atoms with Gasteiger partial charge in [-0.1, -0.05) is 43.1 Å². The molecule has 0 saturated heterocycles. The van der Waals surface area contributed by atoms with Crippen LogP contribution in [0.5, 0.6) is 11.5 Å². The standard InChI is InChI=1S/C18H22ClNO5S/c1-4-5-11-25-20(26(21,22)14-9-7-6-8-10-14)16-13-17(23-2)15(19)12-18(16)24-3/h6-10,12-13H,4-5,11H2,1-3H3. The zero-order chi connectivity index (χ0) is 19.2. The van der Waals surface area contributed by atoms with E-state index in [2.05, 4.69) is 0 Å². The van der Waals surface area contributed by atoms with Crippen LogP contribution in [0.3, 0.4) is 0 Å². The Morgan fingerprint density at radius 2 is 1.69 bits per heavy atom. The molecule has 6 nitrogen and oxygen atoms in total. The summed E-state index contributed by atoms with van der Waals surface area (Å²) in [6, 6.07) is 11.0. The molecule has 0 bridgehead atoms. The molecule has 26 heavy (non-hydrogen) atoms. The van der Waals surface area contributed by atoms with Crippen molar-refractivity contribution in [2.75, 3.05) is 25.3 Å². The van der Waals surface area contributed by atoms with Crippen LogP contribution in [0.1, 0.15) is 19.8 Å². The summed E-state index contributed by atoms with van der Waals surface area (Å²) in [5, 5.41) is 0.304. The number of ether oxygens (including phenoxy) is 2. The fraction of sp³-hybridized carbons (Fsp3) is 0.333. The summed E-state index contributed by atoms with van der Waals surface area (Å²) in [4.78, 5) is 5.74. The Bertz CT molecular complexity index is 827. The molecule has 142 valence electrons. The van der Waals surface area contributed by atoms with Gasteiger partial charge in [0.05, 0.1) is 30.7 Å². The Morgan fingerprint density at radius 1 is 1.04 bits per heavy atom. The molecule has 2 aromatic rings. The van der Waals surface area contributed by atoms with Gasteiger partial charge in [0, 0.05) is 12.1 Å². The van der Waals surface area contributed by atoms with Gasteiger partial charge in [0.25, 0.3) is 10.0 Å². The highest BCUT2D eigenvalue weighted by Crippen LogP contribution is 2.40. The highest BCUT2D eigenvalue weighted by molar-refractivity contribution is 7.92. The van der Waals surface area contributed by atoms with E-state index < -0.39 is 10.0 Å². The minimum absolute atomic E-state index is 0.104. The Hall–Kier alpha value is -1.96. The molecule has 0 aliphatic carbocycles. The van der Waals surface area contributed by atoms with Crippen LogP contribution < -0.4 is 13.9 Å². The third kappa shape index (κ3) is 4.41. The van der Waals surface area contributed by atoms with Crippen molar-refractivity contribution in [2.24, 2.45) is 0 Å². The molecular weight excluding hydrogens is 378 g/mol. The van der Waals surface area contributed by atoms with E-state index >= 15 is 0 Å². The van der Waals surface area contributed by atoms with E-state index in [-0.39, 0.29) is 22.9 Å². The average molecular weight is 400 g/mol. The summed E-state index contributed by atoms with van der Waals surface area (Å²) in [5.74, 6) is 0.571. The highest BCUT2D eigenvalue weighted by Gasteiger charge is 2.30. The summed E-state index contributed by atoms with van der Waals surface area (Å²) >= 11 is 6.13. The molecule has 0 unspecified atom stereocenters. The Balaban J connectivity index is 2.58. The third-order valence-electron chi connectivity index (χ3n) is 3.62.